The van der Waals surface area contributed by atoms with Crippen LogP contribution in [0.25, 0.3) is 0 Å². The van der Waals surface area contributed by atoms with Gasteiger partial charge < -0.3 is 15.0 Å². The molecule has 5 nitrogen and oxygen atoms in total. The maximum atomic E-state index is 12.5. The first-order valence-corrected chi connectivity index (χ1v) is 7.46. The molecule has 7 heteroatoms. The average molecular weight is 329 g/mol. The number of hydrogen-bond acceptors (Lipinski definition) is 3. The number of carbonyl (C=O) groups is 2. The van der Waals surface area contributed by atoms with Crippen molar-refractivity contribution >= 4 is 35.2 Å². The van der Waals surface area contributed by atoms with Crippen LogP contribution in [0.15, 0.2) is 18.2 Å². The number of likely N-dealkylation sites (tertiary alicyclic amines) is 1. The Hall–Kier alpha value is -1.46. The fraction of sp³-hybridized carbons (Fsp3) is 0.429. The minimum Gasteiger partial charge on any atom is -0.441 e. The minimum atomic E-state index is -0.461. The Labute approximate surface area is 132 Å². The largest absolute Gasteiger partial charge is 0.441 e. The van der Waals surface area contributed by atoms with Crippen LogP contribution in [0.2, 0.25) is 10.0 Å². The molecular formula is C14H14Cl2N2O3. The van der Waals surface area contributed by atoms with Crippen molar-refractivity contribution in [3.05, 3.63) is 33.8 Å². The lowest BCUT2D eigenvalue weighted by molar-refractivity contribution is 0.00332. The number of amides is 2. The topological polar surface area (TPSA) is 58.6 Å². The third-order valence-electron chi connectivity index (χ3n) is 3.99. The van der Waals surface area contributed by atoms with Crippen LogP contribution in [0.5, 0.6) is 0 Å². The highest BCUT2D eigenvalue weighted by Crippen LogP contribution is 2.31. The molecule has 0 bridgehead atoms. The van der Waals surface area contributed by atoms with Crippen molar-refractivity contribution < 1.29 is 14.3 Å². The Morgan fingerprint density at radius 1 is 1.29 bits per heavy atom. The third kappa shape index (κ3) is 2.80. The predicted molar refractivity (Wildman–Crippen MR) is 78.8 cm³/mol. The number of rotatable bonds is 1. The van der Waals surface area contributed by atoms with Gasteiger partial charge >= 0.3 is 6.09 Å². The molecule has 1 N–H and O–H groups in total. The highest BCUT2D eigenvalue weighted by Gasteiger charge is 2.43. The van der Waals surface area contributed by atoms with E-state index in [-0.39, 0.29) is 12.0 Å². The van der Waals surface area contributed by atoms with E-state index < -0.39 is 5.60 Å². The Bertz CT molecular complexity index is 598. The van der Waals surface area contributed by atoms with Gasteiger partial charge in [0.2, 0.25) is 0 Å². The molecule has 0 radical (unpaired) electrons. The van der Waals surface area contributed by atoms with Crippen LogP contribution in [0.3, 0.4) is 0 Å². The molecule has 2 amide bonds. The Kier molecular flexibility index (Phi) is 3.71. The van der Waals surface area contributed by atoms with Crippen molar-refractivity contribution in [2.75, 3.05) is 19.6 Å². The summed E-state index contributed by atoms with van der Waals surface area (Å²) in [5.41, 5.74) is -0.0176. The van der Waals surface area contributed by atoms with Crippen molar-refractivity contribution in [3.63, 3.8) is 0 Å². The number of ether oxygens (including phenoxy) is 1. The molecule has 0 unspecified atom stereocenters. The van der Waals surface area contributed by atoms with Gasteiger partial charge in [0.25, 0.3) is 5.91 Å². The summed E-state index contributed by atoms with van der Waals surface area (Å²) in [7, 11) is 0. The first kappa shape index (κ1) is 14.5. The molecule has 21 heavy (non-hydrogen) atoms. The summed E-state index contributed by atoms with van der Waals surface area (Å²) in [6, 6.07) is 4.84. The lowest BCUT2D eigenvalue weighted by Gasteiger charge is -2.37. The van der Waals surface area contributed by atoms with Gasteiger partial charge in [0.1, 0.15) is 5.60 Å². The number of alkyl carbamates (subject to hydrolysis) is 1. The van der Waals surface area contributed by atoms with Gasteiger partial charge in [-0.15, -0.1) is 0 Å². The SMILES string of the molecule is O=C1NCC2(CCN(C(=O)c3ccc(Cl)cc3Cl)CC2)O1. The molecule has 1 aromatic carbocycles. The summed E-state index contributed by atoms with van der Waals surface area (Å²) in [5.74, 6) is -0.121. The van der Waals surface area contributed by atoms with Gasteiger partial charge in [-0.25, -0.2) is 4.79 Å². The third-order valence-corrected chi connectivity index (χ3v) is 4.54. The van der Waals surface area contributed by atoms with Crippen LogP contribution in [-0.2, 0) is 4.74 Å². The number of carbonyl (C=O) groups excluding carboxylic acids is 2. The number of hydrogen-bond donors (Lipinski definition) is 1. The maximum absolute atomic E-state index is 12.5. The lowest BCUT2D eigenvalue weighted by atomic mass is 9.91. The van der Waals surface area contributed by atoms with Gasteiger partial charge in [0, 0.05) is 31.0 Å². The summed E-state index contributed by atoms with van der Waals surface area (Å²) in [6.07, 6.45) is 0.876. The zero-order chi connectivity index (χ0) is 15.0. The van der Waals surface area contributed by atoms with E-state index in [1.165, 1.54) is 0 Å². The van der Waals surface area contributed by atoms with Crippen molar-refractivity contribution in [3.8, 4) is 0 Å². The Morgan fingerprint density at radius 2 is 2.00 bits per heavy atom. The molecule has 0 saturated carbocycles. The molecule has 112 valence electrons. The number of nitrogens with zero attached hydrogens (tertiary/aromatic N) is 1. The molecule has 2 fully saturated rings. The van der Waals surface area contributed by atoms with Gasteiger partial charge in [-0.1, -0.05) is 23.2 Å². The minimum absolute atomic E-state index is 0.121. The maximum Gasteiger partial charge on any atom is 0.407 e. The van der Waals surface area contributed by atoms with Gasteiger partial charge in [-0.2, -0.15) is 0 Å². The Balaban J connectivity index is 1.69. The molecule has 2 saturated heterocycles. The van der Waals surface area contributed by atoms with Crippen molar-refractivity contribution in [1.82, 2.24) is 10.2 Å². The average Bonchev–Trinajstić information content (AvgIpc) is 2.80. The fourth-order valence-electron chi connectivity index (χ4n) is 2.73. The van der Waals surface area contributed by atoms with E-state index in [9.17, 15) is 9.59 Å². The monoisotopic (exact) mass is 328 g/mol. The highest BCUT2D eigenvalue weighted by molar-refractivity contribution is 6.36. The van der Waals surface area contributed by atoms with E-state index >= 15 is 0 Å². The van der Waals surface area contributed by atoms with Crippen molar-refractivity contribution in [1.29, 1.82) is 0 Å². The fourth-order valence-corrected chi connectivity index (χ4v) is 3.22. The predicted octanol–water partition coefficient (Wildman–Crippen LogP) is 2.71. The first-order valence-electron chi connectivity index (χ1n) is 6.70. The number of halogens is 2. The van der Waals surface area contributed by atoms with E-state index in [1.807, 2.05) is 0 Å². The van der Waals surface area contributed by atoms with Crippen molar-refractivity contribution in [2.24, 2.45) is 0 Å². The molecule has 3 rings (SSSR count). The normalized spacial score (nSPS) is 20.3. The quantitative estimate of drug-likeness (QED) is 0.862. The zero-order valence-electron chi connectivity index (χ0n) is 11.2. The lowest BCUT2D eigenvalue weighted by Crippen LogP contribution is -2.48. The number of piperidine rings is 1. The molecule has 1 spiro atoms. The van der Waals surface area contributed by atoms with Crippen LogP contribution < -0.4 is 5.32 Å². The molecule has 0 aliphatic carbocycles. The summed E-state index contributed by atoms with van der Waals surface area (Å²) in [6.45, 7) is 1.58. The molecule has 2 aliphatic heterocycles. The molecule has 2 heterocycles. The zero-order valence-corrected chi connectivity index (χ0v) is 12.7. The van der Waals surface area contributed by atoms with Crippen LogP contribution in [0.1, 0.15) is 23.2 Å². The first-order chi connectivity index (χ1) is 9.99. The van der Waals surface area contributed by atoms with Crippen LogP contribution >= 0.6 is 23.2 Å². The second kappa shape index (κ2) is 5.39. The molecule has 0 aromatic heterocycles. The summed E-state index contributed by atoms with van der Waals surface area (Å²) < 4.78 is 5.33. The smallest absolute Gasteiger partial charge is 0.407 e. The van der Waals surface area contributed by atoms with Gasteiger partial charge in [0.05, 0.1) is 17.1 Å². The molecule has 1 aromatic rings. The van der Waals surface area contributed by atoms with E-state index in [0.29, 0.717) is 48.1 Å². The van der Waals surface area contributed by atoms with Gasteiger partial charge in [-0.05, 0) is 18.2 Å². The second-order valence-electron chi connectivity index (χ2n) is 5.34. The van der Waals surface area contributed by atoms with Crippen molar-refractivity contribution in [2.45, 2.75) is 18.4 Å². The van der Waals surface area contributed by atoms with Crippen LogP contribution in [0.4, 0.5) is 4.79 Å². The molecular weight excluding hydrogens is 315 g/mol. The second-order valence-corrected chi connectivity index (χ2v) is 6.19. The van der Waals surface area contributed by atoms with Gasteiger partial charge in [-0.3, -0.25) is 4.79 Å². The van der Waals surface area contributed by atoms with E-state index in [2.05, 4.69) is 5.32 Å². The summed E-state index contributed by atoms with van der Waals surface area (Å²) >= 11 is 11.9. The number of nitrogens with one attached hydrogen (secondary N) is 1. The van der Waals surface area contributed by atoms with Crippen LogP contribution in [-0.4, -0.2) is 42.1 Å². The highest BCUT2D eigenvalue weighted by atomic mass is 35.5. The van der Waals surface area contributed by atoms with Gasteiger partial charge in [0.15, 0.2) is 0 Å². The van der Waals surface area contributed by atoms with E-state index in [0.717, 1.165) is 0 Å². The van der Waals surface area contributed by atoms with E-state index in [1.54, 1.807) is 23.1 Å². The van der Waals surface area contributed by atoms with E-state index in [4.69, 9.17) is 27.9 Å². The standard InChI is InChI=1S/C14H14Cl2N2O3/c15-9-1-2-10(11(16)7-9)12(19)18-5-3-14(4-6-18)8-17-13(20)21-14/h1-2,7H,3-6,8H2,(H,17,20). The Morgan fingerprint density at radius 3 is 2.57 bits per heavy atom. The molecule has 2 aliphatic rings. The summed E-state index contributed by atoms with van der Waals surface area (Å²) in [5, 5.41) is 3.52. The molecule has 0 atom stereocenters. The summed E-state index contributed by atoms with van der Waals surface area (Å²) in [4.78, 5) is 25.4. The van der Waals surface area contributed by atoms with Crippen LogP contribution in [0, 0.1) is 0 Å². The number of benzene rings is 1.